The molecule has 1 aromatic heterocycles. The van der Waals surface area contributed by atoms with Crippen molar-refractivity contribution in [3.05, 3.63) is 36.0 Å². The summed E-state index contributed by atoms with van der Waals surface area (Å²) in [5, 5.41) is 1.15. The van der Waals surface area contributed by atoms with Crippen molar-refractivity contribution in [2.45, 2.75) is 20.8 Å². The van der Waals surface area contributed by atoms with E-state index in [0.717, 1.165) is 35.4 Å². The van der Waals surface area contributed by atoms with Gasteiger partial charge in [0.1, 0.15) is 0 Å². The fourth-order valence-electron chi connectivity index (χ4n) is 2.94. The van der Waals surface area contributed by atoms with Gasteiger partial charge in [0.15, 0.2) is 0 Å². The highest BCUT2D eigenvalue weighted by Gasteiger charge is 2.23. The average molecular weight is 327 g/mol. The van der Waals surface area contributed by atoms with Gasteiger partial charge in [-0.25, -0.2) is 4.79 Å². The summed E-state index contributed by atoms with van der Waals surface area (Å²) in [4.78, 5) is 20.9. The number of anilines is 1. The van der Waals surface area contributed by atoms with Gasteiger partial charge in [0.2, 0.25) is 0 Å². The number of aromatic nitrogens is 1. The molecule has 1 aliphatic rings. The zero-order valence-corrected chi connectivity index (χ0v) is 14.7. The lowest BCUT2D eigenvalue weighted by molar-refractivity contribution is 0.0902. The third-order valence-corrected chi connectivity index (χ3v) is 4.26. The molecule has 3 rings (SSSR count). The SMILES string of the molecule is Cc1ccc2cccc(N3CCN(C(=O)OCC(C)C)CC3)c2n1. The maximum absolute atomic E-state index is 12.1. The Balaban J connectivity index is 1.69. The van der Waals surface area contributed by atoms with Gasteiger partial charge < -0.3 is 14.5 Å². The molecule has 2 heterocycles. The molecule has 0 unspecified atom stereocenters. The maximum Gasteiger partial charge on any atom is 0.409 e. The summed E-state index contributed by atoms with van der Waals surface area (Å²) in [7, 11) is 0. The first-order valence-electron chi connectivity index (χ1n) is 8.57. The van der Waals surface area contributed by atoms with Crippen LogP contribution in [0.4, 0.5) is 10.5 Å². The molecule has 1 aromatic carbocycles. The number of rotatable bonds is 3. The number of hydrogen-bond donors (Lipinski definition) is 0. The van der Waals surface area contributed by atoms with Crippen LogP contribution in [0.3, 0.4) is 0 Å². The third kappa shape index (κ3) is 3.61. The van der Waals surface area contributed by atoms with Gasteiger partial charge in [0, 0.05) is 37.3 Å². The standard InChI is InChI=1S/C19H25N3O2/c1-14(2)13-24-19(23)22-11-9-21(10-12-22)17-6-4-5-16-8-7-15(3)20-18(16)17/h4-8,14H,9-13H2,1-3H3. The zero-order valence-electron chi connectivity index (χ0n) is 14.7. The lowest BCUT2D eigenvalue weighted by Gasteiger charge is -2.35. The van der Waals surface area contributed by atoms with E-state index in [1.54, 1.807) is 4.90 Å². The predicted octanol–water partition coefficient (Wildman–Crippen LogP) is 3.46. The van der Waals surface area contributed by atoms with Gasteiger partial charge >= 0.3 is 6.09 Å². The summed E-state index contributed by atoms with van der Waals surface area (Å²) < 4.78 is 5.33. The van der Waals surface area contributed by atoms with E-state index < -0.39 is 0 Å². The Morgan fingerprint density at radius 1 is 1.17 bits per heavy atom. The minimum Gasteiger partial charge on any atom is -0.449 e. The Morgan fingerprint density at radius 2 is 1.92 bits per heavy atom. The van der Waals surface area contributed by atoms with Gasteiger partial charge in [0.25, 0.3) is 0 Å². The van der Waals surface area contributed by atoms with E-state index in [2.05, 4.69) is 29.2 Å². The molecule has 0 radical (unpaired) electrons. The summed E-state index contributed by atoms with van der Waals surface area (Å²) >= 11 is 0. The highest BCUT2D eigenvalue weighted by molar-refractivity contribution is 5.91. The molecule has 128 valence electrons. The number of amides is 1. The van der Waals surface area contributed by atoms with Crippen LogP contribution in [0.5, 0.6) is 0 Å². The van der Waals surface area contributed by atoms with Crippen molar-refractivity contribution >= 4 is 22.7 Å². The second kappa shape index (κ2) is 7.07. The highest BCUT2D eigenvalue weighted by Crippen LogP contribution is 2.26. The van der Waals surface area contributed by atoms with E-state index in [-0.39, 0.29) is 6.09 Å². The van der Waals surface area contributed by atoms with Crippen LogP contribution in [0.1, 0.15) is 19.5 Å². The molecule has 1 fully saturated rings. The van der Waals surface area contributed by atoms with Gasteiger partial charge in [-0.05, 0) is 25.0 Å². The van der Waals surface area contributed by atoms with Crippen LogP contribution in [0, 0.1) is 12.8 Å². The molecule has 24 heavy (non-hydrogen) atoms. The summed E-state index contributed by atoms with van der Waals surface area (Å²) in [6.07, 6.45) is -0.199. The smallest absolute Gasteiger partial charge is 0.409 e. The van der Waals surface area contributed by atoms with E-state index in [4.69, 9.17) is 9.72 Å². The van der Waals surface area contributed by atoms with Crippen molar-refractivity contribution in [3.8, 4) is 0 Å². The predicted molar refractivity (Wildman–Crippen MR) is 96.5 cm³/mol. The number of carbonyl (C=O) groups excluding carboxylic acids is 1. The maximum atomic E-state index is 12.1. The number of nitrogens with zero attached hydrogens (tertiary/aromatic N) is 3. The van der Waals surface area contributed by atoms with Crippen LogP contribution in [-0.2, 0) is 4.74 Å². The first kappa shape index (κ1) is 16.6. The van der Waals surface area contributed by atoms with Crippen molar-refractivity contribution in [2.75, 3.05) is 37.7 Å². The molecule has 0 spiro atoms. The molecule has 5 nitrogen and oxygen atoms in total. The second-order valence-electron chi connectivity index (χ2n) is 6.75. The lowest BCUT2D eigenvalue weighted by Crippen LogP contribution is -2.49. The molecule has 0 saturated carbocycles. The first-order valence-corrected chi connectivity index (χ1v) is 8.57. The average Bonchev–Trinajstić information content (AvgIpc) is 2.59. The van der Waals surface area contributed by atoms with E-state index in [1.165, 1.54) is 0 Å². The molecule has 0 N–H and O–H groups in total. The molecule has 0 bridgehead atoms. The Bertz CT molecular complexity index is 722. The normalized spacial score (nSPS) is 15.2. The quantitative estimate of drug-likeness (QED) is 0.866. The van der Waals surface area contributed by atoms with Crippen LogP contribution in [-0.4, -0.2) is 48.8 Å². The number of carbonyl (C=O) groups is 1. The number of hydrogen-bond acceptors (Lipinski definition) is 4. The largest absolute Gasteiger partial charge is 0.449 e. The molecule has 1 saturated heterocycles. The van der Waals surface area contributed by atoms with Gasteiger partial charge in [0.05, 0.1) is 17.8 Å². The minimum atomic E-state index is -0.199. The van der Waals surface area contributed by atoms with Crippen LogP contribution < -0.4 is 4.90 Å². The fraction of sp³-hybridized carbons (Fsp3) is 0.474. The van der Waals surface area contributed by atoms with Crippen molar-refractivity contribution in [2.24, 2.45) is 5.92 Å². The minimum absolute atomic E-state index is 0.199. The molecule has 2 aromatic rings. The summed E-state index contributed by atoms with van der Waals surface area (Å²) in [5.74, 6) is 0.361. The zero-order chi connectivity index (χ0) is 17.1. The van der Waals surface area contributed by atoms with Crippen LogP contribution in [0.25, 0.3) is 10.9 Å². The van der Waals surface area contributed by atoms with E-state index >= 15 is 0 Å². The van der Waals surface area contributed by atoms with Gasteiger partial charge in [-0.15, -0.1) is 0 Å². The Morgan fingerprint density at radius 3 is 2.62 bits per heavy atom. The molecule has 1 aliphatic heterocycles. The number of piperazine rings is 1. The van der Waals surface area contributed by atoms with Crippen molar-refractivity contribution < 1.29 is 9.53 Å². The lowest BCUT2D eigenvalue weighted by atomic mass is 10.1. The fourth-order valence-corrected chi connectivity index (χ4v) is 2.94. The highest BCUT2D eigenvalue weighted by atomic mass is 16.6. The Hall–Kier alpha value is -2.30. The topological polar surface area (TPSA) is 45.7 Å². The number of benzene rings is 1. The van der Waals surface area contributed by atoms with E-state index in [0.29, 0.717) is 25.6 Å². The van der Waals surface area contributed by atoms with Crippen LogP contribution in [0.15, 0.2) is 30.3 Å². The molecule has 1 amide bonds. The molecule has 5 heteroatoms. The monoisotopic (exact) mass is 327 g/mol. The molecular formula is C19H25N3O2. The summed E-state index contributed by atoms with van der Waals surface area (Å²) in [5.41, 5.74) is 3.20. The van der Waals surface area contributed by atoms with Gasteiger partial charge in [-0.3, -0.25) is 4.98 Å². The summed E-state index contributed by atoms with van der Waals surface area (Å²) in [6.45, 7) is 9.53. The second-order valence-corrected chi connectivity index (χ2v) is 6.75. The third-order valence-electron chi connectivity index (χ3n) is 4.26. The number of aryl methyl sites for hydroxylation is 1. The number of para-hydroxylation sites is 1. The van der Waals surface area contributed by atoms with Crippen molar-refractivity contribution in [1.29, 1.82) is 0 Å². The molecule has 0 atom stereocenters. The first-order chi connectivity index (χ1) is 11.5. The molecular weight excluding hydrogens is 302 g/mol. The van der Waals surface area contributed by atoms with E-state index in [1.807, 2.05) is 26.8 Å². The Labute approximate surface area is 143 Å². The number of pyridine rings is 1. The molecule has 0 aliphatic carbocycles. The van der Waals surface area contributed by atoms with Crippen molar-refractivity contribution in [1.82, 2.24) is 9.88 Å². The van der Waals surface area contributed by atoms with Gasteiger partial charge in [-0.2, -0.15) is 0 Å². The van der Waals surface area contributed by atoms with Crippen molar-refractivity contribution in [3.63, 3.8) is 0 Å². The Kier molecular flexibility index (Phi) is 4.88. The van der Waals surface area contributed by atoms with Crippen LogP contribution in [0.2, 0.25) is 0 Å². The summed E-state index contributed by atoms with van der Waals surface area (Å²) in [6, 6.07) is 10.4. The van der Waals surface area contributed by atoms with Gasteiger partial charge in [-0.1, -0.05) is 32.0 Å². The van der Waals surface area contributed by atoms with Crippen LogP contribution >= 0.6 is 0 Å². The van der Waals surface area contributed by atoms with E-state index in [9.17, 15) is 4.79 Å². The number of fused-ring (bicyclic) bond motifs is 1. The number of ether oxygens (including phenoxy) is 1.